The topological polar surface area (TPSA) is 95.7 Å². The number of amides is 2. The number of benzene rings is 1. The molecular formula is C23H30N6O2. The fourth-order valence-corrected chi connectivity index (χ4v) is 4.39. The molecule has 164 valence electrons. The van der Waals surface area contributed by atoms with Gasteiger partial charge in [0.1, 0.15) is 0 Å². The number of anilines is 1. The number of nitrogens with zero attached hydrogens (tertiary/aromatic N) is 5. The Labute approximate surface area is 183 Å². The summed E-state index contributed by atoms with van der Waals surface area (Å²) >= 11 is 0. The van der Waals surface area contributed by atoms with Gasteiger partial charge in [-0.1, -0.05) is 12.1 Å². The number of rotatable bonds is 6. The van der Waals surface area contributed by atoms with E-state index in [2.05, 4.69) is 9.88 Å². The van der Waals surface area contributed by atoms with E-state index in [0.29, 0.717) is 24.6 Å². The summed E-state index contributed by atoms with van der Waals surface area (Å²) in [6.45, 7) is 3.97. The maximum absolute atomic E-state index is 12.8. The summed E-state index contributed by atoms with van der Waals surface area (Å²) in [7, 11) is 3.84. The van der Waals surface area contributed by atoms with E-state index in [-0.39, 0.29) is 11.8 Å². The van der Waals surface area contributed by atoms with Crippen LogP contribution in [0.25, 0.3) is 11.1 Å². The Morgan fingerprint density at radius 2 is 1.84 bits per heavy atom. The highest BCUT2D eigenvalue weighted by Gasteiger charge is 2.31. The van der Waals surface area contributed by atoms with Crippen LogP contribution in [0.2, 0.25) is 0 Å². The first kappa shape index (κ1) is 21.2. The fourth-order valence-electron chi connectivity index (χ4n) is 4.39. The predicted octanol–water partition coefficient (Wildman–Crippen LogP) is 1.72. The van der Waals surface area contributed by atoms with Crippen molar-refractivity contribution in [1.82, 2.24) is 19.8 Å². The number of likely N-dealkylation sites (tertiary alicyclic amines) is 2. The zero-order valence-electron chi connectivity index (χ0n) is 18.3. The number of aromatic nitrogens is 2. The molecule has 2 fully saturated rings. The first-order valence-electron chi connectivity index (χ1n) is 10.9. The van der Waals surface area contributed by atoms with Gasteiger partial charge in [-0.25, -0.2) is 9.97 Å². The maximum Gasteiger partial charge on any atom is 0.248 e. The van der Waals surface area contributed by atoms with Crippen LogP contribution in [-0.4, -0.2) is 78.4 Å². The minimum Gasteiger partial charge on any atom is -0.366 e. The second kappa shape index (κ2) is 9.01. The highest BCUT2D eigenvalue weighted by atomic mass is 16.2. The summed E-state index contributed by atoms with van der Waals surface area (Å²) in [5, 5.41) is 0. The average molecular weight is 423 g/mol. The van der Waals surface area contributed by atoms with Crippen molar-refractivity contribution in [3.8, 4) is 11.1 Å². The SMILES string of the molecule is CN(C)c1ncc(-c2ccc(C(N)=O)cc2)c([C@H]2CCN(C(=O)CN3CCCC3)C2)n1. The molecule has 8 heteroatoms. The van der Waals surface area contributed by atoms with Gasteiger partial charge in [0.25, 0.3) is 0 Å². The maximum atomic E-state index is 12.8. The number of hydrogen-bond acceptors (Lipinski definition) is 6. The molecule has 3 heterocycles. The summed E-state index contributed by atoms with van der Waals surface area (Å²) in [4.78, 5) is 39.7. The molecule has 0 unspecified atom stereocenters. The molecule has 1 aromatic carbocycles. The normalized spacial score (nSPS) is 19.0. The van der Waals surface area contributed by atoms with E-state index in [1.165, 1.54) is 12.8 Å². The number of primary amides is 1. The smallest absolute Gasteiger partial charge is 0.248 e. The van der Waals surface area contributed by atoms with E-state index < -0.39 is 5.91 Å². The molecule has 2 aliphatic rings. The molecule has 0 saturated carbocycles. The Hall–Kier alpha value is -3.00. The van der Waals surface area contributed by atoms with Crippen molar-refractivity contribution >= 4 is 17.8 Å². The third-order valence-corrected chi connectivity index (χ3v) is 6.17. The molecule has 2 N–H and O–H groups in total. The molecule has 1 atom stereocenters. The lowest BCUT2D eigenvalue weighted by Gasteiger charge is -2.22. The number of hydrogen-bond donors (Lipinski definition) is 1. The lowest BCUT2D eigenvalue weighted by molar-refractivity contribution is -0.131. The molecule has 2 aliphatic heterocycles. The molecule has 0 radical (unpaired) electrons. The number of carbonyl (C=O) groups is 2. The van der Waals surface area contributed by atoms with Gasteiger partial charge in [-0.3, -0.25) is 14.5 Å². The lowest BCUT2D eigenvalue weighted by atomic mass is 9.95. The van der Waals surface area contributed by atoms with Crippen molar-refractivity contribution in [2.45, 2.75) is 25.2 Å². The molecule has 4 rings (SSSR count). The lowest BCUT2D eigenvalue weighted by Crippen LogP contribution is -2.38. The van der Waals surface area contributed by atoms with Crippen LogP contribution in [0, 0.1) is 0 Å². The van der Waals surface area contributed by atoms with Crippen molar-refractivity contribution < 1.29 is 9.59 Å². The Morgan fingerprint density at radius 1 is 1.13 bits per heavy atom. The van der Waals surface area contributed by atoms with Crippen molar-refractivity contribution in [3.63, 3.8) is 0 Å². The molecule has 2 saturated heterocycles. The minimum atomic E-state index is -0.450. The van der Waals surface area contributed by atoms with Gasteiger partial charge in [0, 0.05) is 50.4 Å². The van der Waals surface area contributed by atoms with Gasteiger partial charge >= 0.3 is 0 Å². The first-order valence-corrected chi connectivity index (χ1v) is 10.9. The highest BCUT2D eigenvalue weighted by Crippen LogP contribution is 2.34. The van der Waals surface area contributed by atoms with Crippen molar-refractivity contribution in [1.29, 1.82) is 0 Å². The number of nitrogens with two attached hydrogens (primary N) is 1. The van der Waals surface area contributed by atoms with Gasteiger partial charge in [0.2, 0.25) is 17.8 Å². The first-order chi connectivity index (χ1) is 14.9. The van der Waals surface area contributed by atoms with E-state index >= 15 is 0 Å². The van der Waals surface area contributed by atoms with Crippen LogP contribution in [0.4, 0.5) is 5.95 Å². The van der Waals surface area contributed by atoms with Crippen LogP contribution in [0.1, 0.15) is 41.2 Å². The summed E-state index contributed by atoms with van der Waals surface area (Å²) < 4.78 is 0. The van der Waals surface area contributed by atoms with Crippen LogP contribution in [0.3, 0.4) is 0 Å². The van der Waals surface area contributed by atoms with E-state index in [1.54, 1.807) is 12.1 Å². The molecule has 0 bridgehead atoms. The Morgan fingerprint density at radius 3 is 2.48 bits per heavy atom. The third kappa shape index (κ3) is 4.69. The zero-order valence-corrected chi connectivity index (χ0v) is 18.3. The third-order valence-electron chi connectivity index (χ3n) is 6.17. The average Bonchev–Trinajstić information content (AvgIpc) is 3.45. The molecule has 0 aliphatic carbocycles. The molecule has 8 nitrogen and oxygen atoms in total. The van der Waals surface area contributed by atoms with Crippen LogP contribution < -0.4 is 10.6 Å². The van der Waals surface area contributed by atoms with Crippen molar-refractivity contribution in [2.24, 2.45) is 5.73 Å². The monoisotopic (exact) mass is 422 g/mol. The Balaban J connectivity index is 1.58. The Bertz CT molecular complexity index is 953. The van der Waals surface area contributed by atoms with Gasteiger partial charge in [-0.15, -0.1) is 0 Å². The predicted molar refractivity (Wildman–Crippen MR) is 120 cm³/mol. The standard InChI is InChI=1S/C23H30N6O2/c1-27(2)23-25-13-19(16-5-7-17(8-6-16)22(24)31)21(26-23)18-9-12-29(14-18)20(30)15-28-10-3-4-11-28/h5-8,13,18H,3-4,9-12,14-15H2,1-2H3,(H2,24,31)/t18-/m0/s1. The molecule has 2 amide bonds. The second-order valence-electron chi connectivity index (χ2n) is 8.61. The van der Waals surface area contributed by atoms with E-state index in [9.17, 15) is 9.59 Å². The molecule has 0 spiro atoms. The molecule has 1 aromatic heterocycles. The van der Waals surface area contributed by atoms with Gasteiger partial charge in [-0.05, 0) is 50.0 Å². The van der Waals surface area contributed by atoms with Crippen molar-refractivity contribution in [3.05, 3.63) is 41.7 Å². The van der Waals surface area contributed by atoms with Gasteiger partial charge in [0.15, 0.2) is 0 Å². The quantitative estimate of drug-likeness (QED) is 0.762. The van der Waals surface area contributed by atoms with E-state index in [1.807, 2.05) is 42.2 Å². The van der Waals surface area contributed by atoms with Crippen LogP contribution in [-0.2, 0) is 4.79 Å². The van der Waals surface area contributed by atoms with E-state index in [4.69, 9.17) is 10.7 Å². The number of carbonyl (C=O) groups excluding carboxylic acids is 2. The van der Waals surface area contributed by atoms with Crippen molar-refractivity contribution in [2.75, 3.05) is 51.7 Å². The summed E-state index contributed by atoms with van der Waals surface area (Å²) in [5.74, 6) is 0.553. The van der Waals surface area contributed by atoms with Crippen LogP contribution in [0.15, 0.2) is 30.5 Å². The molecular weight excluding hydrogens is 392 g/mol. The van der Waals surface area contributed by atoms with E-state index in [0.717, 1.165) is 42.9 Å². The van der Waals surface area contributed by atoms with Crippen LogP contribution in [0.5, 0.6) is 0 Å². The fraction of sp³-hybridized carbons (Fsp3) is 0.478. The Kier molecular flexibility index (Phi) is 6.18. The summed E-state index contributed by atoms with van der Waals surface area (Å²) in [6, 6.07) is 7.20. The van der Waals surface area contributed by atoms with Gasteiger partial charge in [-0.2, -0.15) is 0 Å². The summed E-state index contributed by atoms with van der Waals surface area (Å²) in [6.07, 6.45) is 5.08. The van der Waals surface area contributed by atoms with Gasteiger partial charge in [0.05, 0.1) is 12.2 Å². The highest BCUT2D eigenvalue weighted by molar-refractivity contribution is 5.93. The summed E-state index contributed by atoms with van der Waals surface area (Å²) in [5.41, 5.74) is 8.66. The second-order valence-corrected chi connectivity index (χ2v) is 8.61. The zero-order chi connectivity index (χ0) is 22.0. The largest absolute Gasteiger partial charge is 0.366 e. The van der Waals surface area contributed by atoms with Gasteiger partial charge < -0.3 is 15.5 Å². The molecule has 2 aromatic rings. The minimum absolute atomic E-state index is 0.148. The molecule has 31 heavy (non-hydrogen) atoms. The van der Waals surface area contributed by atoms with Crippen LogP contribution >= 0.6 is 0 Å².